The van der Waals surface area contributed by atoms with Crippen LogP contribution in [0.15, 0.2) is 48.5 Å². The standard InChI is InChI=1S/C21H14Cl2N2O5/c22-15-5-3-11(7-16(15)23)1-2-12-4-6-17-18(8-12)30-19-10-13(25(28)29)9-14(21(26)27)20(19)24-17/h3-10,24H,1-2H2,(H,26,27). The average Bonchev–Trinajstić information content (AvgIpc) is 2.71. The molecule has 4 rings (SSSR count). The Morgan fingerprint density at radius 3 is 2.37 bits per heavy atom. The van der Waals surface area contributed by atoms with Crippen LogP contribution >= 0.6 is 23.2 Å². The molecule has 7 nitrogen and oxygen atoms in total. The minimum atomic E-state index is -1.28. The van der Waals surface area contributed by atoms with Crippen LogP contribution in [0.5, 0.6) is 11.5 Å². The summed E-state index contributed by atoms with van der Waals surface area (Å²) in [5, 5.41) is 24.6. The molecule has 30 heavy (non-hydrogen) atoms. The van der Waals surface area contributed by atoms with Gasteiger partial charge in [0.2, 0.25) is 0 Å². The topological polar surface area (TPSA) is 102 Å². The van der Waals surface area contributed by atoms with Crippen LogP contribution in [0.2, 0.25) is 10.0 Å². The third-order valence-electron chi connectivity index (χ3n) is 4.74. The van der Waals surface area contributed by atoms with Crippen molar-refractivity contribution in [3.05, 3.63) is 85.4 Å². The molecule has 0 bridgehead atoms. The number of nitrogens with zero attached hydrogens (tertiary/aromatic N) is 1. The Kier molecular flexibility index (Phi) is 5.24. The Bertz CT molecular complexity index is 1200. The number of anilines is 2. The van der Waals surface area contributed by atoms with Crippen LogP contribution in [0, 0.1) is 10.1 Å². The monoisotopic (exact) mass is 444 g/mol. The van der Waals surface area contributed by atoms with Gasteiger partial charge in [0.25, 0.3) is 5.69 Å². The van der Waals surface area contributed by atoms with Gasteiger partial charge in [0, 0.05) is 6.07 Å². The molecule has 1 aliphatic heterocycles. The lowest BCUT2D eigenvalue weighted by Crippen LogP contribution is -2.10. The number of carboxylic acid groups (broad SMARTS) is 1. The predicted octanol–water partition coefficient (Wildman–Crippen LogP) is 6.23. The van der Waals surface area contributed by atoms with Gasteiger partial charge in [-0.1, -0.05) is 35.3 Å². The molecule has 1 aliphatic rings. The van der Waals surface area contributed by atoms with Gasteiger partial charge < -0.3 is 15.2 Å². The lowest BCUT2D eigenvalue weighted by atomic mass is 10.0. The molecular formula is C21H14Cl2N2O5. The first kappa shape index (κ1) is 20.0. The van der Waals surface area contributed by atoms with Gasteiger partial charge >= 0.3 is 5.97 Å². The highest BCUT2D eigenvalue weighted by molar-refractivity contribution is 6.42. The normalized spacial score (nSPS) is 11.7. The number of rotatable bonds is 5. The van der Waals surface area contributed by atoms with Crippen molar-refractivity contribution in [1.82, 2.24) is 0 Å². The van der Waals surface area contributed by atoms with Gasteiger partial charge in [-0.25, -0.2) is 4.79 Å². The molecule has 0 amide bonds. The molecule has 9 heteroatoms. The summed E-state index contributed by atoms with van der Waals surface area (Å²) in [5.74, 6) is -0.727. The van der Waals surface area contributed by atoms with Crippen molar-refractivity contribution in [3.63, 3.8) is 0 Å². The second kappa shape index (κ2) is 7.85. The van der Waals surface area contributed by atoms with Crippen molar-refractivity contribution < 1.29 is 19.6 Å². The van der Waals surface area contributed by atoms with Gasteiger partial charge in [-0.3, -0.25) is 10.1 Å². The number of nitrogens with one attached hydrogen (secondary N) is 1. The quantitative estimate of drug-likeness (QED) is 0.279. The zero-order chi connectivity index (χ0) is 21.4. The minimum absolute atomic E-state index is 0.0933. The molecule has 0 atom stereocenters. The molecule has 3 aromatic carbocycles. The van der Waals surface area contributed by atoms with E-state index in [9.17, 15) is 20.0 Å². The molecule has 0 radical (unpaired) electrons. The maximum absolute atomic E-state index is 11.5. The van der Waals surface area contributed by atoms with E-state index in [1.807, 2.05) is 24.3 Å². The maximum atomic E-state index is 11.5. The highest BCUT2D eigenvalue weighted by Crippen LogP contribution is 2.45. The van der Waals surface area contributed by atoms with E-state index < -0.39 is 10.9 Å². The van der Waals surface area contributed by atoms with Crippen molar-refractivity contribution in [2.75, 3.05) is 5.32 Å². The number of non-ortho nitro benzene ring substituents is 1. The van der Waals surface area contributed by atoms with E-state index in [2.05, 4.69) is 5.32 Å². The first-order valence-electron chi connectivity index (χ1n) is 8.89. The van der Waals surface area contributed by atoms with E-state index in [1.165, 1.54) is 6.07 Å². The lowest BCUT2D eigenvalue weighted by molar-refractivity contribution is -0.384. The van der Waals surface area contributed by atoms with Crippen molar-refractivity contribution >= 4 is 46.2 Å². The first-order chi connectivity index (χ1) is 14.3. The molecule has 0 fully saturated rings. The van der Waals surface area contributed by atoms with E-state index >= 15 is 0 Å². The van der Waals surface area contributed by atoms with Gasteiger partial charge in [0.1, 0.15) is 0 Å². The third kappa shape index (κ3) is 3.90. The molecule has 1 heterocycles. The molecule has 0 saturated carbocycles. The average molecular weight is 445 g/mol. The van der Waals surface area contributed by atoms with Gasteiger partial charge in [0.15, 0.2) is 11.5 Å². The van der Waals surface area contributed by atoms with Gasteiger partial charge in [-0.2, -0.15) is 0 Å². The van der Waals surface area contributed by atoms with Crippen LogP contribution in [-0.4, -0.2) is 16.0 Å². The summed E-state index contributed by atoms with van der Waals surface area (Å²) in [4.78, 5) is 22.0. The second-order valence-corrected chi connectivity index (χ2v) is 7.55. The van der Waals surface area contributed by atoms with Gasteiger partial charge in [-0.05, 0) is 48.2 Å². The van der Waals surface area contributed by atoms with Gasteiger partial charge in [0.05, 0.1) is 38.0 Å². The maximum Gasteiger partial charge on any atom is 0.338 e. The fraction of sp³-hybridized carbons (Fsp3) is 0.0952. The van der Waals surface area contributed by atoms with E-state index in [-0.39, 0.29) is 22.7 Å². The Labute approximate surface area is 181 Å². The van der Waals surface area contributed by atoms with Crippen LogP contribution in [0.25, 0.3) is 0 Å². The third-order valence-corrected chi connectivity index (χ3v) is 5.48. The van der Waals surface area contributed by atoms with E-state index in [1.54, 1.807) is 12.1 Å². The number of benzene rings is 3. The number of ether oxygens (including phenoxy) is 1. The number of halogens is 2. The van der Waals surface area contributed by atoms with E-state index in [4.69, 9.17) is 27.9 Å². The number of carbonyl (C=O) groups is 1. The largest absolute Gasteiger partial charge is 0.478 e. The summed E-state index contributed by atoms with van der Waals surface area (Å²) in [6.07, 6.45) is 1.44. The van der Waals surface area contributed by atoms with E-state index in [0.717, 1.165) is 23.6 Å². The Balaban J connectivity index is 1.60. The molecule has 0 saturated heterocycles. The van der Waals surface area contributed by atoms with Gasteiger partial charge in [-0.15, -0.1) is 0 Å². The Morgan fingerprint density at radius 2 is 1.70 bits per heavy atom. The highest BCUT2D eigenvalue weighted by atomic mass is 35.5. The van der Waals surface area contributed by atoms with Crippen molar-refractivity contribution in [2.45, 2.75) is 12.8 Å². The van der Waals surface area contributed by atoms with Crippen LogP contribution in [0.1, 0.15) is 21.5 Å². The summed E-state index contributed by atoms with van der Waals surface area (Å²) >= 11 is 12.0. The summed E-state index contributed by atoms with van der Waals surface area (Å²) in [7, 11) is 0. The van der Waals surface area contributed by atoms with Crippen molar-refractivity contribution in [1.29, 1.82) is 0 Å². The summed E-state index contributed by atoms with van der Waals surface area (Å²) in [5.41, 5.74) is 2.20. The fourth-order valence-electron chi connectivity index (χ4n) is 3.23. The minimum Gasteiger partial charge on any atom is -0.478 e. The van der Waals surface area contributed by atoms with Crippen LogP contribution in [-0.2, 0) is 12.8 Å². The highest BCUT2D eigenvalue weighted by Gasteiger charge is 2.26. The molecule has 0 aliphatic carbocycles. The zero-order valence-electron chi connectivity index (χ0n) is 15.3. The molecule has 3 aromatic rings. The number of hydrogen-bond donors (Lipinski definition) is 2. The summed E-state index contributed by atoms with van der Waals surface area (Å²) in [6, 6.07) is 13.2. The zero-order valence-corrected chi connectivity index (χ0v) is 16.8. The molecule has 0 unspecified atom stereocenters. The van der Waals surface area contributed by atoms with Crippen molar-refractivity contribution in [2.24, 2.45) is 0 Å². The van der Waals surface area contributed by atoms with Crippen LogP contribution in [0.3, 0.4) is 0 Å². The smallest absolute Gasteiger partial charge is 0.338 e. The number of aryl methyl sites for hydroxylation is 2. The van der Waals surface area contributed by atoms with Crippen LogP contribution < -0.4 is 10.1 Å². The van der Waals surface area contributed by atoms with Crippen LogP contribution in [0.4, 0.5) is 17.1 Å². The molecule has 2 N–H and O–H groups in total. The summed E-state index contributed by atoms with van der Waals surface area (Å²) in [6.45, 7) is 0. The lowest BCUT2D eigenvalue weighted by Gasteiger charge is -2.23. The predicted molar refractivity (Wildman–Crippen MR) is 114 cm³/mol. The summed E-state index contributed by atoms with van der Waals surface area (Å²) < 4.78 is 5.82. The molecule has 0 spiro atoms. The molecule has 152 valence electrons. The number of hydrogen-bond acceptors (Lipinski definition) is 5. The second-order valence-electron chi connectivity index (χ2n) is 6.73. The molecular weight excluding hydrogens is 431 g/mol. The number of carboxylic acids is 1. The fourth-order valence-corrected chi connectivity index (χ4v) is 3.55. The number of fused-ring (bicyclic) bond motifs is 2. The van der Waals surface area contributed by atoms with Crippen molar-refractivity contribution in [3.8, 4) is 11.5 Å². The number of aromatic carboxylic acids is 1. The Morgan fingerprint density at radius 1 is 1.00 bits per heavy atom. The number of nitro benzene ring substituents is 1. The first-order valence-corrected chi connectivity index (χ1v) is 9.65. The number of nitro groups is 1. The SMILES string of the molecule is O=C(O)c1cc([N+](=O)[O-])cc2c1Nc1ccc(CCc3ccc(Cl)c(Cl)c3)cc1O2. The van der Waals surface area contributed by atoms with E-state index in [0.29, 0.717) is 27.9 Å². The molecule has 0 aromatic heterocycles. The Hall–Kier alpha value is -3.29.